The van der Waals surface area contributed by atoms with E-state index in [-0.39, 0.29) is 10.7 Å². The maximum absolute atomic E-state index is 13.2. The Labute approximate surface area is 164 Å². The number of hydrogen-bond acceptors (Lipinski definition) is 3. The molecule has 3 aromatic rings. The van der Waals surface area contributed by atoms with Crippen LogP contribution >= 0.6 is 0 Å². The molecule has 2 aromatic carbocycles. The van der Waals surface area contributed by atoms with Gasteiger partial charge < -0.3 is 17.3 Å². The van der Waals surface area contributed by atoms with Crippen LogP contribution in [-0.4, -0.2) is 21.9 Å². The maximum atomic E-state index is 13.2. The van der Waals surface area contributed by atoms with Crippen molar-refractivity contribution in [2.24, 2.45) is 7.05 Å². The largest absolute Gasteiger partial charge is 0.673 e. The van der Waals surface area contributed by atoms with Gasteiger partial charge >= 0.3 is 7.25 Å². The molecule has 3 rings (SSSR count). The highest BCUT2D eigenvalue weighted by molar-refractivity contribution is 7.90. The minimum Gasteiger partial charge on any atom is -0.418 e. The van der Waals surface area contributed by atoms with Gasteiger partial charge in [0.2, 0.25) is 11.5 Å². The molecule has 0 aliphatic rings. The molecule has 0 saturated heterocycles. The van der Waals surface area contributed by atoms with Crippen molar-refractivity contribution in [3.63, 3.8) is 0 Å². The van der Waals surface area contributed by atoms with Crippen molar-refractivity contribution in [3.8, 4) is 22.5 Å². The summed E-state index contributed by atoms with van der Waals surface area (Å²) in [4.78, 5) is 0.252. The number of halogens is 5. The fraction of sp³-hybridized carbons (Fsp3) is 0.167. The zero-order valence-electron chi connectivity index (χ0n) is 15.7. The Hall–Kier alpha value is -2.69. The second kappa shape index (κ2) is 8.36. The monoisotopic (exact) mass is 433 g/mol. The van der Waals surface area contributed by atoms with E-state index in [0.717, 1.165) is 22.4 Å². The second-order valence-electron chi connectivity index (χ2n) is 6.18. The predicted octanol–water partition coefficient (Wildman–Crippen LogP) is 4.59. The van der Waals surface area contributed by atoms with Crippen LogP contribution in [0.15, 0.2) is 57.9 Å². The van der Waals surface area contributed by atoms with Gasteiger partial charge in [-0.05, 0) is 46.7 Å². The van der Waals surface area contributed by atoms with E-state index in [2.05, 4.69) is 0 Å². The number of aromatic nitrogens is 1. The van der Waals surface area contributed by atoms with Crippen molar-refractivity contribution in [2.75, 3.05) is 6.26 Å². The van der Waals surface area contributed by atoms with E-state index in [0.29, 0.717) is 5.76 Å². The van der Waals surface area contributed by atoms with Crippen molar-refractivity contribution >= 4 is 17.1 Å². The number of rotatable bonds is 3. The van der Waals surface area contributed by atoms with Crippen LogP contribution in [0.25, 0.3) is 22.5 Å². The van der Waals surface area contributed by atoms with Gasteiger partial charge in [-0.15, -0.1) is 0 Å². The number of aryl methyl sites for hydroxylation is 1. The molecule has 4 nitrogen and oxygen atoms in total. The molecule has 0 bridgehead atoms. The first kappa shape index (κ1) is 22.6. The molecule has 0 aliphatic carbocycles. The lowest BCUT2D eigenvalue weighted by molar-refractivity contribution is -0.847. The topological polar surface area (TPSA) is 51.2 Å². The van der Waals surface area contributed by atoms with Crippen molar-refractivity contribution in [1.82, 2.24) is 0 Å². The third-order valence-electron chi connectivity index (χ3n) is 3.97. The lowest BCUT2D eigenvalue weighted by Crippen LogP contribution is -2.27. The van der Waals surface area contributed by atoms with Crippen LogP contribution in [0.5, 0.6) is 0 Å². The Balaban J connectivity index is 0.000000537. The van der Waals surface area contributed by atoms with E-state index in [1.807, 2.05) is 6.92 Å². The Morgan fingerprint density at radius 2 is 1.34 bits per heavy atom. The SMILES string of the molecule is Cc1c(-c2ccc(F)cc2)c(-c2ccc(S(C)(=O)=O)cc2)o[n+]1C.F[B-](F)(F)F. The minimum absolute atomic E-state index is 0.252. The smallest absolute Gasteiger partial charge is 0.418 e. The first-order valence-electron chi connectivity index (χ1n) is 8.21. The molecule has 11 heteroatoms. The fourth-order valence-electron chi connectivity index (χ4n) is 2.58. The molecule has 1 heterocycles. The number of sulfone groups is 1. The van der Waals surface area contributed by atoms with Crippen LogP contribution in [0.3, 0.4) is 0 Å². The molecule has 0 radical (unpaired) electrons. The van der Waals surface area contributed by atoms with Crippen molar-refractivity contribution in [3.05, 3.63) is 60.0 Å². The highest BCUT2D eigenvalue weighted by Crippen LogP contribution is 2.34. The molecular formula is C18H17BF5NO3S. The van der Waals surface area contributed by atoms with Crippen LogP contribution in [0.4, 0.5) is 21.7 Å². The number of nitrogens with zero attached hydrogens (tertiary/aromatic N) is 1. The quantitative estimate of drug-likeness (QED) is 0.345. The normalized spacial score (nSPS) is 11.7. The van der Waals surface area contributed by atoms with Gasteiger partial charge in [-0.2, -0.15) is 0 Å². The van der Waals surface area contributed by atoms with Crippen LogP contribution in [-0.2, 0) is 16.9 Å². The third kappa shape index (κ3) is 6.15. The molecule has 0 amide bonds. The van der Waals surface area contributed by atoms with Gasteiger partial charge in [0.05, 0.1) is 4.90 Å². The average molecular weight is 433 g/mol. The molecule has 29 heavy (non-hydrogen) atoms. The summed E-state index contributed by atoms with van der Waals surface area (Å²) in [6.45, 7) is 1.91. The second-order valence-corrected chi connectivity index (χ2v) is 8.19. The Morgan fingerprint density at radius 3 is 1.79 bits per heavy atom. The van der Waals surface area contributed by atoms with Gasteiger partial charge in [0.15, 0.2) is 16.9 Å². The van der Waals surface area contributed by atoms with Crippen molar-refractivity contribution < 1.29 is 39.3 Å². The summed E-state index contributed by atoms with van der Waals surface area (Å²) < 4.78 is 82.8. The molecule has 0 saturated carbocycles. The van der Waals surface area contributed by atoms with Crippen LogP contribution < -0.4 is 4.74 Å². The van der Waals surface area contributed by atoms with Gasteiger partial charge in [0.25, 0.3) is 0 Å². The Morgan fingerprint density at radius 1 is 0.897 bits per heavy atom. The lowest BCUT2D eigenvalue weighted by Gasteiger charge is -2.02. The Bertz CT molecular complexity index is 1090. The first-order chi connectivity index (χ1) is 13.3. The molecule has 0 aliphatic heterocycles. The summed E-state index contributed by atoms with van der Waals surface area (Å²) in [5, 5.41) is 0. The Kier molecular flexibility index (Phi) is 6.51. The molecule has 1 aromatic heterocycles. The number of benzene rings is 2. The van der Waals surface area contributed by atoms with Gasteiger partial charge in [0, 0.05) is 18.7 Å². The first-order valence-corrected chi connectivity index (χ1v) is 10.1. The third-order valence-corrected chi connectivity index (χ3v) is 5.10. The summed E-state index contributed by atoms with van der Waals surface area (Å²) in [6.07, 6.45) is 1.17. The van der Waals surface area contributed by atoms with Crippen molar-refractivity contribution in [1.29, 1.82) is 0 Å². The van der Waals surface area contributed by atoms with E-state index in [4.69, 9.17) is 4.52 Å². The summed E-state index contributed by atoms with van der Waals surface area (Å²) >= 11 is 0. The van der Waals surface area contributed by atoms with Crippen LogP contribution in [0, 0.1) is 12.7 Å². The van der Waals surface area contributed by atoms with E-state index in [1.54, 1.807) is 48.2 Å². The van der Waals surface area contributed by atoms with Gasteiger partial charge in [-0.25, -0.2) is 17.3 Å². The molecule has 0 N–H and O–H groups in total. The summed E-state index contributed by atoms with van der Waals surface area (Å²) in [6, 6.07) is 12.7. The van der Waals surface area contributed by atoms with E-state index in [1.165, 1.54) is 18.4 Å². The lowest BCUT2D eigenvalue weighted by atomic mass is 10.00. The minimum atomic E-state index is -6.00. The number of hydrogen-bond donors (Lipinski definition) is 0. The summed E-state index contributed by atoms with van der Waals surface area (Å²) in [5.41, 5.74) is 3.33. The molecule has 0 atom stereocenters. The fourth-order valence-corrected chi connectivity index (χ4v) is 3.21. The van der Waals surface area contributed by atoms with Crippen LogP contribution in [0.2, 0.25) is 0 Å². The summed E-state index contributed by atoms with van der Waals surface area (Å²) in [5.74, 6) is 0.310. The highest BCUT2D eigenvalue weighted by Gasteiger charge is 2.25. The van der Waals surface area contributed by atoms with E-state index < -0.39 is 17.1 Å². The zero-order chi connectivity index (χ0) is 22.0. The zero-order valence-corrected chi connectivity index (χ0v) is 16.5. The predicted molar refractivity (Wildman–Crippen MR) is 98.7 cm³/mol. The molecule has 0 fully saturated rings. The van der Waals surface area contributed by atoms with Gasteiger partial charge in [-0.1, -0.05) is 12.1 Å². The van der Waals surface area contributed by atoms with E-state index >= 15 is 0 Å². The molecule has 0 spiro atoms. The molecule has 156 valence electrons. The molecule has 0 unspecified atom stereocenters. The summed E-state index contributed by atoms with van der Waals surface area (Å²) in [7, 11) is -7.46. The molecular weight excluding hydrogens is 416 g/mol. The average Bonchev–Trinajstić information content (AvgIpc) is 2.89. The van der Waals surface area contributed by atoms with E-state index in [9.17, 15) is 30.1 Å². The van der Waals surface area contributed by atoms with Crippen LogP contribution in [0.1, 0.15) is 5.69 Å². The van der Waals surface area contributed by atoms with Crippen molar-refractivity contribution in [2.45, 2.75) is 11.8 Å². The highest BCUT2D eigenvalue weighted by atomic mass is 32.2. The standard InChI is InChI=1S/C18H17FNO3S.BF4/c1-12-17(13-4-8-15(19)9-5-13)18(23-20(12)2)14-6-10-16(11-7-14)24(3,21)22;2-1(3,4)5/h4-11H,1-3H3;/q+1;-1. The maximum Gasteiger partial charge on any atom is 0.673 e. The van der Waals surface area contributed by atoms with Gasteiger partial charge in [-0.3, -0.25) is 0 Å². The van der Waals surface area contributed by atoms with Gasteiger partial charge in [0.1, 0.15) is 11.4 Å².